The van der Waals surface area contributed by atoms with Gasteiger partial charge in [0.1, 0.15) is 0 Å². The van der Waals surface area contributed by atoms with E-state index in [1.807, 2.05) is 34.6 Å². The Hall–Kier alpha value is -0.970. The number of hydrogen-bond acceptors (Lipinski definition) is 1. The molecule has 0 aromatic carbocycles. The Morgan fingerprint density at radius 1 is 1.46 bits per heavy atom. The molecule has 0 aliphatic rings. The summed E-state index contributed by atoms with van der Waals surface area (Å²) in [6, 6.07) is 0.0185. The SMILES string of the molecule is C#CC(C)(C)C(C)NC(C)=O.CC. The summed E-state index contributed by atoms with van der Waals surface area (Å²) < 4.78 is 0. The number of rotatable bonds is 2. The standard InChI is InChI=1S/C9H15NO.C2H6/c1-6-9(4,5)7(2)10-8(3)11;1-2/h1,7H,2-5H3,(H,10,11);1-2H3. The van der Waals surface area contributed by atoms with Gasteiger partial charge in [-0.15, -0.1) is 6.42 Å². The summed E-state index contributed by atoms with van der Waals surface area (Å²) >= 11 is 0. The fourth-order valence-corrected chi connectivity index (χ4v) is 0.610. The number of hydrogen-bond donors (Lipinski definition) is 1. The molecule has 1 atom stereocenters. The molecular weight excluding hydrogens is 162 g/mol. The van der Waals surface area contributed by atoms with Gasteiger partial charge in [0.05, 0.1) is 0 Å². The number of carbonyl (C=O) groups excluding carboxylic acids is 1. The molecule has 1 N–H and O–H groups in total. The van der Waals surface area contributed by atoms with Crippen LogP contribution in [0.25, 0.3) is 0 Å². The van der Waals surface area contributed by atoms with Crippen LogP contribution >= 0.6 is 0 Å². The van der Waals surface area contributed by atoms with Gasteiger partial charge in [-0.1, -0.05) is 19.8 Å². The van der Waals surface area contributed by atoms with Gasteiger partial charge in [0, 0.05) is 18.4 Å². The van der Waals surface area contributed by atoms with Crippen LogP contribution in [0.1, 0.15) is 41.5 Å². The molecule has 0 saturated heterocycles. The van der Waals surface area contributed by atoms with E-state index in [9.17, 15) is 4.79 Å². The lowest BCUT2D eigenvalue weighted by molar-refractivity contribution is -0.120. The normalized spacial score (nSPS) is 11.8. The Balaban J connectivity index is 0. The first-order valence-electron chi connectivity index (χ1n) is 4.65. The van der Waals surface area contributed by atoms with E-state index in [0.717, 1.165) is 0 Å². The molecule has 0 saturated carbocycles. The summed E-state index contributed by atoms with van der Waals surface area (Å²) in [6.45, 7) is 11.2. The number of terminal acetylenes is 1. The molecule has 0 radical (unpaired) electrons. The molecule has 0 aliphatic heterocycles. The number of amides is 1. The van der Waals surface area contributed by atoms with Crippen molar-refractivity contribution in [2.24, 2.45) is 5.41 Å². The zero-order chi connectivity index (χ0) is 11.1. The van der Waals surface area contributed by atoms with E-state index in [0.29, 0.717) is 0 Å². The zero-order valence-corrected chi connectivity index (χ0v) is 9.56. The molecule has 0 fully saturated rings. The minimum Gasteiger partial charge on any atom is -0.352 e. The maximum absolute atomic E-state index is 10.6. The molecule has 0 bridgehead atoms. The van der Waals surface area contributed by atoms with E-state index in [2.05, 4.69) is 11.2 Å². The molecule has 0 spiro atoms. The van der Waals surface area contributed by atoms with Crippen LogP contribution in [0.5, 0.6) is 0 Å². The number of carbonyl (C=O) groups is 1. The first-order chi connectivity index (χ1) is 5.90. The predicted octanol–water partition coefficient (Wildman–Crippen LogP) is 2.20. The van der Waals surface area contributed by atoms with Crippen LogP contribution in [-0.2, 0) is 4.79 Å². The summed E-state index contributed by atoms with van der Waals surface area (Å²) in [5.74, 6) is 2.59. The van der Waals surface area contributed by atoms with Crippen molar-refractivity contribution in [2.45, 2.75) is 47.6 Å². The third kappa shape index (κ3) is 6.21. The average Bonchev–Trinajstić information content (AvgIpc) is 2.07. The van der Waals surface area contributed by atoms with Crippen LogP contribution in [0.3, 0.4) is 0 Å². The highest BCUT2D eigenvalue weighted by Crippen LogP contribution is 2.18. The lowest BCUT2D eigenvalue weighted by atomic mass is 9.86. The molecule has 1 unspecified atom stereocenters. The second-order valence-electron chi connectivity index (χ2n) is 3.29. The maximum atomic E-state index is 10.6. The van der Waals surface area contributed by atoms with Gasteiger partial charge >= 0.3 is 0 Å². The Bertz CT molecular complexity index is 189. The van der Waals surface area contributed by atoms with E-state index in [4.69, 9.17) is 6.42 Å². The molecule has 1 amide bonds. The summed E-state index contributed by atoms with van der Waals surface area (Å²) in [5, 5.41) is 2.75. The fraction of sp³-hybridized carbons (Fsp3) is 0.727. The molecule has 76 valence electrons. The first kappa shape index (κ1) is 14.5. The van der Waals surface area contributed by atoms with Gasteiger partial charge in [-0.3, -0.25) is 4.79 Å². The molecule has 2 nitrogen and oxygen atoms in total. The van der Waals surface area contributed by atoms with E-state index in [1.54, 1.807) is 0 Å². The molecular formula is C11H21NO. The summed E-state index contributed by atoms with van der Waals surface area (Å²) in [7, 11) is 0. The fourth-order valence-electron chi connectivity index (χ4n) is 0.610. The lowest BCUT2D eigenvalue weighted by Gasteiger charge is -2.26. The molecule has 2 heteroatoms. The first-order valence-corrected chi connectivity index (χ1v) is 4.65. The highest BCUT2D eigenvalue weighted by molar-refractivity contribution is 5.73. The van der Waals surface area contributed by atoms with Gasteiger partial charge in [0.25, 0.3) is 0 Å². The minimum absolute atomic E-state index is 0.0185. The summed E-state index contributed by atoms with van der Waals surface area (Å²) in [4.78, 5) is 10.6. The van der Waals surface area contributed by atoms with Crippen LogP contribution in [-0.4, -0.2) is 11.9 Å². The van der Waals surface area contributed by atoms with Crippen molar-refractivity contribution in [2.75, 3.05) is 0 Å². The van der Waals surface area contributed by atoms with Gasteiger partial charge in [-0.05, 0) is 20.8 Å². The van der Waals surface area contributed by atoms with Crippen molar-refractivity contribution in [3.63, 3.8) is 0 Å². The Labute approximate surface area is 82.1 Å². The monoisotopic (exact) mass is 183 g/mol. The summed E-state index contributed by atoms with van der Waals surface area (Å²) in [5.41, 5.74) is -0.272. The third-order valence-electron chi connectivity index (χ3n) is 1.87. The van der Waals surface area contributed by atoms with E-state index in [1.165, 1.54) is 6.92 Å². The van der Waals surface area contributed by atoms with Gasteiger partial charge in [-0.2, -0.15) is 0 Å². The highest BCUT2D eigenvalue weighted by Gasteiger charge is 2.23. The van der Waals surface area contributed by atoms with Crippen LogP contribution in [0, 0.1) is 17.8 Å². The van der Waals surface area contributed by atoms with Crippen LogP contribution in [0.15, 0.2) is 0 Å². The van der Waals surface area contributed by atoms with E-state index < -0.39 is 0 Å². The number of nitrogens with one attached hydrogen (secondary N) is 1. The second-order valence-corrected chi connectivity index (χ2v) is 3.29. The minimum atomic E-state index is -0.272. The van der Waals surface area contributed by atoms with Crippen molar-refractivity contribution >= 4 is 5.91 Å². The largest absolute Gasteiger partial charge is 0.352 e. The molecule has 0 aromatic heterocycles. The highest BCUT2D eigenvalue weighted by atomic mass is 16.1. The van der Waals surface area contributed by atoms with Crippen LogP contribution in [0.4, 0.5) is 0 Å². The van der Waals surface area contributed by atoms with Gasteiger partial charge < -0.3 is 5.32 Å². The van der Waals surface area contributed by atoms with E-state index >= 15 is 0 Å². The smallest absolute Gasteiger partial charge is 0.217 e. The van der Waals surface area contributed by atoms with Crippen molar-refractivity contribution in [3.8, 4) is 12.3 Å². The van der Waals surface area contributed by atoms with Crippen molar-refractivity contribution in [1.82, 2.24) is 5.32 Å². The topological polar surface area (TPSA) is 29.1 Å². The average molecular weight is 183 g/mol. The molecule has 0 aliphatic carbocycles. The Morgan fingerprint density at radius 2 is 1.85 bits per heavy atom. The second kappa shape index (κ2) is 6.54. The lowest BCUT2D eigenvalue weighted by Crippen LogP contribution is -2.41. The van der Waals surface area contributed by atoms with Crippen molar-refractivity contribution in [1.29, 1.82) is 0 Å². The molecule has 13 heavy (non-hydrogen) atoms. The third-order valence-corrected chi connectivity index (χ3v) is 1.87. The molecule has 0 aromatic rings. The van der Waals surface area contributed by atoms with Crippen molar-refractivity contribution in [3.05, 3.63) is 0 Å². The van der Waals surface area contributed by atoms with Gasteiger partial charge in [0.2, 0.25) is 5.91 Å². The Kier molecular flexibility index (Phi) is 7.31. The maximum Gasteiger partial charge on any atom is 0.217 e. The van der Waals surface area contributed by atoms with Crippen LogP contribution < -0.4 is 5.32 Å². The molecule has 0 rings (SSSR count). The van der Waals surface area contributed by atoms with E-state index in [-0.39, 0.29) is 17.4 Å². The Morgan fingerprint density at radius 3 is 2.08 bits per heavy atom. The quantitative estimate of drug-likeness (QED) is 0.653. The van der Waals surface area contributed by atoms with Gasteiger partial charge in [-0.25, -0.2) is 0 Å². The van der Waals surface area contributed by atoms with Gasteiger partial charge in [0.15, 0.2) is 0 Å². The predicted molar refractivity (Wildman–Crippen MR) is 57.2 cm³/mol. The van der Waals surface area contributed by atoms with Crippen molar-refractivity contribution < 1.29 is 4.79 Å². The molecule has 0 heterocycles. The zero-order valence-electron chi connectivity index (χ0n) is 9.56. The van der Waals surface area contributed by atoms with Crippen LogP contribution in [0.2, 0.25) is 0 Å². The summed E-state index contributed by atoms with van der Waals surface area (Å²) in [6.07, 6.45) is 5.28.